The second kappa shape index (κ2) is 10.3. The number of para-hydroxylation sites is 2. The number of fused-ring (bicyclic) bond motifs is 2. The summed E-state index contributed by atoms with van der Waals surface area (Å²) in [7, 11) is 2.06. The van der Waals surface area contributed by atoms with Gasteiger partial charge in [-0.3, -0.25) is 4.79 Å². The third kappa shape index (κ3) is 4.56. The second-order valence-corrected chi connectivity index (χ2v) is 10.5. The van der Waals surface area contributed by atoms with Crippen molar-refractivity contribution in [2.75, 3.05) is 11.9 Å². The Morgan fingerprint density at radius 2 is 1.48 bits per heavy atom. The van der Waals surface area contributed by atoms with Crippen molar-refractivity contribution in [3.8, 4) is 22.4 Å². The number of allylic oxidation sites excluding steroid dienone is 2. The van der Waals surface area contributed by atoms with E-state index in [9.17, 15) is 4.79 Å². The molecule has 1 amide bonds. The minimum atomic E-state index is -0.280. The van der Waals surface area contributed by atoms with E-state index in [1.165, 1.54) is 11.3 Å². The van der Waals surface area contributed by atoms with Crippen LogP contribution in [0, 0.1) is 0 Å². The van der Waals surface area contributed by atoms with Gasteiger partial charge in [-0.15, -0.1) is 0 Å². The SMILES string of the molecule is CN1/C(=C/C=N\NC(=O)c2cc(-c3ccc(-c4ccccc4)cc3)nc3ccccc23)C(C)(C)c2ccccc21. The molecule has 196 valence electrons. The highest BCUT2D eigenvalue weighted by Gasteiger charge is 2.37. The predicted molar refractivity (Wildman–Crippen MR) is 165 cm³/mol. The topological polar surface area (TPSA) is 57.6 Å². The first-order valence-electron chi connectivity index (χ1n) is 13.4. The van der Waals surface area contributed by atoms with Gasteiger partial charge in [-0.1, -0.05) is 105 Å². The molecule has 0 radical (unpaired) electrons. The maximum absolute atomic E-state index is 13.4. The van der Waals surface area contributed by atoms with E-state index in [1.807, 2.05) is 72.8 Å². The van der Waals surface area contributed by atoms with E-state index in [-0.39, 0.29) is 11.3 Å². The fourth-order valence-electron chi connectivity index (χ4n) is 5.54. The molecule has 0 bridgehead atoms. The number of hydrogen-bond donors (Lipinski definition) is 1. The van der Waals surface area contributed by atoms with Crippen molar-refractivity contribution in [3.05, 3.63) is 132 Å². The number of carbonyl (C=O) groups excluding carboxylic acids is 1. The molecule has 1 aliphatic rings. The van der Waals surface area contributed by atoms with Crippen molar-refractivity contribution in [2.45, 2.75) is 19.3 Å². The Balaban J connectivity index is 1.26. The van der Waals surface area contributed by atoms with E-state index in [1.54, 1.807) is 6.21 Å². The summed E-state index contributed by atoms with van der Waals surface area (Å²) in [5.74, 6) is -0.280. The minimum absolute atomic E-state index is 0.159. The van der Waals surface area contributed by atoms with E-state index < -0.39 is 0 Å². The first-order valence-corrected chi connectivity index (χ1v) is 13.4. The number of anilines is 1. The van der Waals surface area contributed by atoms with Crippen LogP contribution in [0.5, 0.6) is 0 Å². The molecular formula is C35H30N4O. The third-order valence-electron chi connectivity index (χ3n) is 7.66. The number of pyridine rings is 1. The molecule has 0 atom stereocenters. The number of nitrogens with zero attached hydrogens (tertiary/aromatic N) is 3. The lowest BCUT2D eigenvalue weighted by Gasteiger charge is -2.23. The molecule has 0 saturated heterocycles. The number of hydrogen-bond acceptors (Lipinski definition) is 4. The van der Waals surface area contributed by atoms with E-state index in [2.05, 4.69) is 78.8 Å². The summed E-state index contributed by atoms with van der Waals surface area (Å²) in [6.45, 7) is 4.40. The van der Waals surface area contributed by atoms with E-state index >= 15 is 0 Å². The van der Waals surface area contributed by atoms with E-state index in [4.69, 9.17) is 4.98 Å². The van der Waals surface area contributed by atoms with Gasteiger partial charge in [0.25, 0.3) is 5.91 Å². The van der Waals surface area contributed by atoms with Crippen LogP contribution in [-0.2, 0) is 5.41 Å². The normalized spacial score (nSPS) is 15.1. The zero-order valence-electron chi connectivity index (χ0n) is 22.8. The van der Waals surface area contributed by atoms with Crippen LogP contribution in [0.15, 0.2) is 126 Å². The fourth-order valence-corrected chi connectivity index (χ4v) is 5.54. The number of benzene rings is 4. The van der Waals surface area contributed by atoms with Crippen molar-refractivity contribution in [2.24, 2.45) is 5.10 Å². The molecule has 0 fully saturated rings. The molecule has 1 aliphatic heterocycles. The van der Waals surface area contributed by atoms with Crippen LogP contribution in [0.25, 0.3) is 33.3 Å². The van der Waals surface area contributed by atoms with E-state index in [0.29, 0.717) is 5.56 Å². The highest BCUT2D eigenvalue weighted by molar-refractivity contribution is 6.07. The molecule has 40 heavy (non-hydrogen) atoms. The van der Waals surface area contributed by atoms with Gasteiger partial charge in [-0.25, -0.2) is 10.4 Å². The summed E-state index contributed by atoms with van der Waals surface area (Å²) in [5.41, 5.74) is 11.4. The fraction of sp³-hybridized carbons (Fsp3) is 0.114. The average Bonchev–Trinajstić information content (AvgIpc) is 3.19. The van der Waals surface area contributed by atoms with Crippen molar-refractivity contribution in [1.29, 1.82) is 0 Å². The van der Waals surface area contributed by atoms with Crippen LogP contribution < -0.4 is 10.3 Å². The number of hydrazone groups is 1. The molecule has 5 nitrogen and oxygen atoms in total. The van der Waals surface area contributed by atoms with Gasteiger partial charge >= 0.3 is 0 Å². The van der Waals surface area contributed by atoms with Crippen LogP contribution in [0.3, 0.4) is 0 Å². The summed E-state index contributed by atoms with van der Waals surface area (Å²) in [5, 5.41) is 5.06. The number of amides is 1. The van der Waals surface area contributed by atoms with Crippen LogP contribution in [-0.4, -0.2) is 24.2 Å². The summed E-state index contributed by atoms with van der Waals surface area (Å²) < 4.78 is 0. The number of carbonyl (C=O) groups is 1. The summed E-state index contributed by atoms with van der Waals surface area (Å²) >= 11 is 0. The lowest BCUT2D eigenvalue weighted by Crippen LogP contribution is -2.23. The second-order valence-electron chi connectivity index (χ2n) is 10.5. The Bertz CT molecular complexity index is 1770. The van der Waals surface area contributed by atoms with Gasteiger partial charge in [0.2, 0.25) is 0 Å². The van der Waals surface area contributed by atoms with Gasteiger partial charge in [-0.2, -0.15) is 5.10 Å². The molecule has 5 aromatic rings. The van der Waals surface area contributed by atoms with Crippen LogP contribution >= 0.6 is 0 Å². The summed E-state index contributed by atoms with van der Waals surface area (Å²) in [6, 6.07) is 36.4. The van der Waals surface area contributed by atoms with Gasteiger partial charge in [0.1, 0.15) is 0 Å². The van der Waals surface area contributed by atoms with E-state index in [0.717, 1.165) is 39.0 Å². The first kappa shape index (κ1) is 25.3. The largest absolute Gasteiger partial charge is 0.347 e. The molecule has 4 aromatic carbocycles. The Kier molecular flexibility index (Phi) is 6.48. The molecule has 0 spiro atoms. The molecule has 0 unspecified atom stereocenters. The molecule has 5 heteroatoms. The average molecular weight is 523 g/mol. The molecule has 2 heterocycles. The van der Waals surface area contributed by atoms with Crippen molar-refractivity contribution in [1.82, 2.24) is 10.4 Å². The zero-order chi connectivity index (χ0) is 27.7. The standard InChI is InChI=1S/C35H30N4O/c1-35(2)29-14-8-10-16-32(29)39(3)33(35)21-22-36-38-34(40)28-23-31(37-30-15-9-7-13-27(28)30)26-19-17-25(18-20-26)24-11-5-4-6-12-24/h4-23H,1-3H3,(H,38,40)/b33-21+,36-22-. The van der Waals surface area contributed by atoms with Gasteiger partial charge in [-0.05, 0) is 41.0 Å². The van der Waals surface area contributed by atoms with Crippen LogP contribution in [0.1, 0.15) is 29.8 Å². The third-order valence-corrected chi connectivity index (χ3v) is 7.66. The molecule has 0 aliphatic carbocycles. The molecular weight excluding hydrogens is 492 g/mol. The lowest BCUT2D eigenvalue weighted by molar-refractivity contribution is 0.0956. The van der Waals surface area contributed by atoms with Crippen molar-refractivity contribution >= 4 is 28.7 Å². The number of nitrogens with one attached hydrogen (secondary N) is 1. The molecule has 6 rings (SSSR count). The quantitative estimate of drug-likeness (QED) is 0.191. The van der Waals surface area contributed by atoms with Gasteiger partial charge in [0, 0.05) is 41.0 Å². The van der Waals surface area contributed by atoms with Gasteiger partial charge in [0.05, 0.1) is 16.8 Å². The van der Waals surface area contributed by atoms with Crippen molar-refractivity contribution in [3.63, 3.8) is 0 Å². The molecule has 1 N–H and O–H groups in total. The Labute approximate surface area is 234 Å². The van der Waals surface area contributed by atoms with Crippen LogP contribution in [0.2, 0.25) is 0 Å². The Morgan fingerprint density at radius 1 is 0.825 bits per heavy atom. The maximum Gasteiger partial charge on any atom is 0.272 e. The first-order chi connectivity index (χ1) is 19.4. The number of likely N-dealkylation sites (N-methyl/N-ethyl adjacent to an activating group) is 1. The highest BCUT2D eigenvalue weighted by atomic mass is 16.2. The smallest absolute Gasteiger partial charge is 0.272 e. The van der Waals surface area contributed by atoms with Crippen LogP contribution in [0.4, 0.5) is 5.69 Å². The predicted octanol–water partition coefficient (Wildman–Crippen LogP) is 7.60. The zero-order valence-corrected chi connectivity index (χ0v) is 22.8. The maximum atomic E-state index is 13.4. The Hall–Kier alpha value is -5.03. The van der Waals surface area contributed by atoms with Gasteiger partial charge < -0.3 is 4.90 Å². The summed E-state index contributed by atoms with van der Waals surface area (Å²) in [6.07, 6.45) is 3.62. The summed E-state index contributed by atoms with van der Waals surface area (Å²) in [4.78, 5) is 20.4. The minimum Gasteiger partial charge on any atom is -0.347 e. The van der Waals surface area contributed by atoms with Gasteiger partial charge in [0.15, 0.2) is 0 Å². The molecule has 0 saturated carbocycles. The Morgan fingerprint density at radius 3 is 2.25 bits per heavy atom. The molecule has 1 aromatic heterocycles. The lowest BCUT2D eigenvalue weighted by atomic mass is 9.84. The van der Waals surface area contributed by atoms with Crippen molar-refractivity contribution < 1.29 is 4.79 Å². The monoisotopic (exact) mass is 522 g/mol. The highest BCUT2D eigenvalue weighted by Crippen LogP contribution is 2.46. The number of rotatable bonds is 5. The number of aromatic nitrogens is 1.